The first-order chi connectivity index (χ1) is 11.0. The maximum atomic E-state index is 10.7. The Kier molecular flexibility index (Phi) is 5.21. The van der Waals surface area contributed by atoms with Crippen molar-refractivity contribution in [2.45, 2.75) is 20.5 Å². The molecular weight excluding hydrogens is 292 g/mol. The van der Waals surface area contributed by atoms with Gasteiger partial charge in [-0.05, 0) is 54.8 Å². The number of carbonyl (C=O) groups excluding carboxylic acids is 1. The molecule has 0 aliphatic heterocycles. The van der Waals surface area contributed by atoms with E-state index in [4.69, 9.17) is 20.5 Å². The molecule has 0 spiro atoms. The Balaban J connectivity index is 2.08. The largest absolute Gasteiger partial charge is 0.488 e. The predicted molar refractivity (Wildman–Crippen MR) is 86.1 cm³/mol. The number of rotatable bonds is 6. The van der Waals surface area contributed by atoms with Crippen molar-refractivity contribution in [3.8, 4) is 17.6 Å². The normalized spacial score (nSPS) is 9.96. The third-order valence-corrected chi connectivity index (χ3v) is 3.25. The van der Waals surface area contributed by atoms with Gasteiger partial charge in [-0.3, -0.25) is 4.79 Å². The molecule has 0 radical (unpaired) electrons. The van der Waals surface area contributed by atoms with Crippen LogP contribution in [-0.4, -0.2) is 12.5 Å². The molecule has 0 saturated heterocycles. The summed E-state index contributed by atoms with van der Waals surface area (Å²) in [4.78, 5) is 10.7. The van der Waals surface area contributed by atoms with Crippen LogP contribution in [0.3, 0.4) is 0 Å². The molecule has 0 aromatic heterocycles. The van der Waals surface area contributed by atoms with Crippen molar-refractivity contribution in [1.29, 1.82) is 5.26 Å². The van der Waals surface area contributed by atoms with Gasteiger partial charge in [-0.25, -0.2) is 0 Å². The van der Waals surface area contributed by atoms with Gasteiger partial charge < -0.3 is 15.2 Å². The van der Waals surface area contributed by atoms with Crippen LogP contribution in [-0.2, 0) is 11.4 Å². The molecule has 2 aromatic rings. The Bertz CT molecular complexity index is 740. The smallest absolute Gasteiger partial charge is 0.255 e. The van der Waals surface area contributed by atoms with Crippen LogP contribution < -0.4 is 15.2 Å². The Labute approximate surface area is 135 Å². The van der Waals surface area contributed by atoms with Crippen LogP contribution in [0.2, 0.25) is 0 Å². The molecule has 118 valence electrons. The predicted octanol–water partition coefficient (Wildman–Crippen LogP) is 2.62. The third-order valence-electron chi connectivity index (χ3n) is 3.25. The van der Waals surface area contributed by atoms with Crippen LogP contribution in [0, 0.1) is 25.2 Å². The standard InChI is InChI=1S/C18H18N2O3/c1-12-6-15(9-19)7-13(2)18(12)23-10-14-4-3-5-16(8-14)22-11-17(20)21/h3-8H,10-11H2,1-2H3,(H2,20,21). The molecule has 0 aliphatic rings. The van der Waals surface area contributed by atoms with Gasteiger partial charge in [0.25, 0.3) is 5.91 Å². The Morgan fingerprint density at radius 3 is 2.48 bits per heavy atom. The highest BCUT2D eigenvalue weighted by Gasteiger charge is 2.07. The highest BCUT2D eigenvalue weighted by atomic mass is 16.5. The summed E-state index contributed by atoms with van der Waals surface area (Å²) in [5.74, 6) is 0.820. The Morgan fingerprint density at radius 2 is 1.87 bits per heavy atom. The molecule has 2 rings (SSSR count). The minimum Gasteiger partial charge on any atom is -0.488 e. The summed E-state index contributed by atoms with van der Waals surface area (Å²) in [6.45, 7) is 4.03. The lowest BCUT2D eigenvalue weighted by atomic mass is 10.1. The molecule has 2 N–H and O–H groups in total. The summed E-state index contributed by atoms with van der Waals surface area (Å²) in [5.41, 5.74) is 8.43. The second-order valence-electron chi connectivity index (χ2n) is 5.24. The summed E-state index contributed by atoms with van der Waals surface area (Å²) in [7, 11) is 0. The molecule has 0 saturated carbocycles. The average molecular weight is 310 g/mol. The number of primary amides is 1. The lowest BCUT2D eigenvalue weighted by Gasteiger charge is -2.13. The van der Waals surface area contributed by atoms with Gasteiger partial charge in [-0.2, -0.15) is 5.26 Å². The molecule has 2 aromatic carbocycles. The van der Waals surface area contributed by atoms with Crippen LogP contribution in [0.1, 0.15) is 22.3 Å². The number of nitriles is 1. The average Bonchev–Trinajstić information content (AvgIpc) is 2.52. The SMILES string of the molecule is Cc1cc(C#N)cc(C)c1OCc1cccc(OCC(N)=O)c1. The van der Waals surface area contributed by atoms with Gasteiger partial charge in [0.05, 0.1) is 11.6 Å². The van der Waals surface area contributed by atoms with Gasteiger partial charge in [0.2, 0.25) is 0 Å². The number of carbonyl (C=O) groups is 1. The molecule has 23 heavy (non-hydrogen) atoms. The van der Waals surface area contributed by atoms with E-state index >= 15 is 0 Å². The number of amides is 1. The molecule has 1 amide bonds. The number of nitrogens with zero attached hydrogens (tertiary/aromatic N) is 1. The van der Waals surface area contributed by atoms with Crippen molar-refractivity contribution in [2.75, 3.05) is 6.61 Å². The van der Waals surface area contributed by atoms with E-state index in [0.29, 0.717) is 17.9 Å². The van der Waals surface area contributed by atoms with Crippen molar-refractivity contribution >= 4 is 5.91 Å². The highest BCUT2D eigenvalue weighted by molar-refractivity contribution is 5.75. The first-order valence-electron chi connectivity index (χ1n) is 7.14. The number of nitrogens with two attached hydrogens (primary N) is 1. The quantitative estimate of drug-likeness (QED) is 0.888. The summed E-state index contributed by atoms with van der Waals surface area (Å²) in [5, 5.41) is 8.97. The fourth-order valence-electron chi connectivity index (χ4n) is 2.28. The molecule has 0 fully saturated rings. The summed E-state index contributed by atoms with van der Waals surface area (Å²) in [6, 6.07) is 13.0. The van der Waals surface area contributed by atoms with Crippen LogP contribution in [0.15, 0.2) is 36.4 Å². The summed E-state index contributed by atoms with van der Waals surface area (Å²) < 4.78 is 11.1. The molecule has 0 bridgehead atoms. The molecule has 0 unspecified atom stereocenters. The van der Waals surface area contributed by atoms with Crippen molar-refractivity contribution < 1.29 is 14.3 Å². The van der Waals surface area contributed by atoms with E-state index in [1.807, 2.05) is 26.0 Å². The van der Waals surface area contributed by atoms with Crippen LogP contribution in [0.25, 0.3) is 0 Å². The van der Waals surface area contributed by atoms with Gasteiger partial charge in [0.15, 0.2) is 6.61 Å². The second kappa shape index (κ2) is 7.32. The molecule has 0 aliphatic carbocycles. The van der Waals surface area contributed by atoms with E-state index in [2.05, 4.69) is 6.07 Å². The number of ether oxygens (including phenoxy) is 2. The van der Waals surface area contributed by atoms with E-state index in [1.165, 1.54) is 0 Å². The van der Waals surface area contributed by atoms with Gasteiger partial charge in [-0.15, -0.1) is 0 Å². The minimum absolute atomic E-state index is 0.155. The molecular formula is C18H18N2O3. The van der Waals surface area contributed by atoms with Gasteiger partial charge in [-0.1, -0.05) is 12.1 Å². The van der Waals surface area contributed by atoms with Crippen molar-refractivity contribution in [1.82, 2.24) is 0 Å². The number of hydrogen-bond donors (Lipinski definition) is 1. The number of hydrogen-bond acceptors (Lipinski definition) is 4. The molecule has 5 heteroatoms. The van der Waals surface area contributed by atoms with Crippen LogP contribution in [0.5, 0.6) is 11.5 Å². The first kappa shape index (κ1) is 16.4. The first-order valence-corrected chi connectivity index (χ1v) is 7.14. The van der Waals surface area contributed by atoms with Crippen molar-refractivity contribution in [3.63, 3.8) is 0 Å². The molecule has 0 heterocycles. The zero-order valence-corrected chi connectivity index (χ0v) is 13.1. The van der Waals surface area contributed by atoms with E-state index in [9.17, 15) is 4.79 Å². The number of aryl methyl sites for hydroxylation is 2. The fourth-order valence-corrected chi connectivity index (χ4v) is 2.28. The fraction of sp³-hybridized carbons (Fsp3) is 0.222. The maximum absolute atomic E-state index is 10.7. The lowest BCUT2D eigenvalue weighted by Crippen LogP contribution is -2.20. The maximum Gasteiger partial charge on any atom is 0.255 e. The second-order valence-corrected chi connectivity index (χ2v) is 5.24. The zero-order valence-electron chi connectivity index (χ0n) is 13.1. The van der Waals surface area contributed by atoms with E-state index < -0.39 is 5.91 Å². The van der Waals surface area contributed by atoms with Gasteiger partial charge in [0.1, 0.15) is 18.1 Å². The van der Waals surface area contributed by atoms with Gasteiger partial charge in [0, 0.05) is 0 Å². The Hall–Kier alpha value is -3.00. The number of benzene rings is 2. The van der Waals surface area contributed by atoms with Crippen LogP contribution in [0.4, 0.5) is 0 Å². The molecule has 5 nitrogen and oxygen atoms in total. The minimum atomic E-state index is -0.518. The topological polar surface area (TPSA) is 85.3 Å². The van der Waals surface area contributed by atoms with Gasteiger partial charge >= 0.3 is 0 Å². The lowest BCUT2D eigenvalue weighted by molar-refractivity contribution is -0.119. The van der Waals surface area contributed by atoms with Crippen LogP contribution >= 0.6 is 0 Å². The van der Waals surface area contributed by atoms with E-state index in [-0.39, 0.29) is 6.61 Å². The zero-order chi connectivity index (χ0) is 16.8. The van der Waals surface area contributed by atoms with Crippen molar-refractivity contribution in [3.05, 3.63) is 58.7 Å². The summed E-state index contributed by atoms with van der Waals surface area (Å²) >= 11 is 0. The summed E-state index contributed by atoms with van der Waals surface area (Å²) in [6.07, 6.45) is 0. The van der Waals surface area contributed by atoms with Crippen molar-refractivity contribution in [2.24, 2.45) is 5.73 Å². The molecule has 0 atom stereocenters. The third kappa shape index (κ3) is 4.48. The van der Waals surface area contributed by atoms with E-state index in [0.717, 1.165) is 22.4 Å². The van der Waals surface area contributed by atoms with E-state index in [1.54, 1.807) is 24.3 Å². The monoisotopic (exact) mass is 310 g/mol. The highest BCUT2D eigenvalue weighted by Crippen LogP contribution is 2.26. The Morgan fingerprint density at radius 1 is 1.17 bits per heavy atom.